The van der Waals surface area contributed by atoms with E-state index < -0.39 is 24.0 Å². The third-order valence-corrected chi connectivity index (χ3v) is 8.72. The first-order valence-electron chi connectivity index (χ1n) is 16.5. The highest BCUT2D eigenvalue weighted by Gasteiger charge is 2.72. The second kappa shape index (κ2) is 19.4. The summed E-state index contributed by atoms with van der Waals surface area (Å²) in [5, 5.41) is 7.45. The van der Waals surface area contributed by atoms with Gasteiger partial charge in [0.15, 0.2) is 0 Å². The van der Waals surface area contributed by atoms with Crippen molar-refractivity contribution in [3.8, 4) is 0 Å². The number of ketones is 2. The van der Waals surface area contributed by atoms with Crippen LogP contribution in [0.1, 0.15) is 52.9 Å². The predicted molar refractivity (Wildman–Crippen MR) is 171 cm³/mol. The zero-order valence-electron chi connectivity index (χ0n) is 28.6. The van der Waals surface area contributed by atoms with Gasteiger partial charge in [0.1, 0.15) is 23.4 Å². The standard InChI is InChI=1S/C32H53N5O11/c1-21(2)7-8-25-31(3,48-25)30-29(43-4)24(9-10-32(30)20-46-32)47-28(42)6-5-12-44-14-15-45-13-11-35-26(40)18-34-16-22(38)23(39)17-36-27(41)19-37-33/h7,24-25,29-30,34,37H,5-6,8-20,33H2,1-4H3,(H,35,40)(H,36,41)/t24?,25-,29?,30?,31?,32+/m1/s1. The van der Waals surface area contributed by atoms with Crippen LogP contribution in [0.2, 0.25) is 0 Å². The fourth-order valence-corrected chi connectivity index (χ4v) is 6.08. The molecule has 3 rings (SSSR count). The second-order valence-electron chi connectivity index (χ2n) is 12.7. The van der Waals surface area contributed by atoms with E-state index in [9.17, 15) is 24.0 Å². The first-order valence-corrected chi connectivity index (χ1v) is 16.5. The first kappa shape index (κ1) is 39.6. The molecule has 48 heavy (non-hydrogen) atoms. The maximum absolute atomic E-state index is 12.7. The Balaban J connectivity index is 1.20. The van der Waals surface area contributed by atoms with Crippen LogP contribution in [0.3, 0.4) is 0 Å². The number of amides is 2. The molecule has 0 aromatic heterocycles. The number of carbonyl (C=O) groups is 5. The van der Waals surface area contributed by atoms with Crippen molar-refractivity contribution < 1.29 is 52.4 Å². The van der Waals surface area contributed by atoms with E-state index in [0.717, 1.165) is 12.8 Å². The number of carbonyl (C=O) groups excluding carboxylic acids is 5. The fourth-order valence-electron chi connectivity index (χ4n) is 6.08. The maximum Gasteiger partial charge on any atom is 0.306 e. The number of epoxide rings is 2. The van der Waals surface area contributed by atoms with Crippen molar-refractivity contribution in [2.75, 3.05) is 72.9 Å². The number of nitrogens with two attached hydrogens (primary N) is 1. The van der Waals surface area contributed by atoms with Crippen molar-refractivity contribution in [2.45, 2.75) is 82.4 Å². The van der Waals surface area contributed by atoms with E-state index >= 15 is 0 Å². The molecule has 16 nitrogen and oxygen atoms in total. The van der Waals surface area contributed by atoms with Crippen molar-refractivity contribution in [1.82, 2.24) is 21.4 Å². The molecular weight excluding hydrogens is 630 g/mol. The molecule has 2 aliphatic heterocycles. The summed E-state index contributed by atoms with van der Waals surface area (Å²) in [6.07, 6.45) is 4.63. The molecule has 6 atom stereocenters. The normalized spacial score (nSPS) is 27.2. The Morgan fingerprint density at radius 2 is 1.62 bits per heavy atom. The quantitative estimate of drug-likeness (QED) is 0.0154. The van der Waals surface area contributed by atoms with Crippen LogP contribution in [-0.4, -0.2) is 132 Å². The molecule has 6 N–H and O–H groups in total. The molecule has 1 aliphatic carbocycles. The van der Waals surface area contributed by atoms with Crippen LogP contribution in [0.25, 0.3) is 0 Å². The number of hydrogen-bond donors (Lipinski definition) is 5. The lowest BCUT2D eigenvalue weighted by Crippen LogP contribution is -2.55. The molecule has 2 heterocycles. The van der Waals surface area contributed by atoms with Crippen LogP contribution in [-0.2, 0) is 52.4 Å². The van der Waals surface area contributed by atoms with Gasteiger partial charge in [-0.3, -0.25) is 35.2 Å². The summed E-state index contributed by atoms with van der Waals surface area (Å²) in [6.45, 7) is 7.33. The van der Waals surface area contributed by atoms with Crippen LogP contribution in [0.5, 0.6) is 0 Å². The number of ether oxygens (including phenoxy) is 6. The third kappa shape index (κ3) is 12.2. The number of hydrazine groups is 1. The summed E-state index contributed by atoms with van der Waals surface area (Å²) in [5.74, 6) is 2.24. The second-order valence-corrected chi connectivity index (χ2v) is 12.7. The summed E-state index contributed by atoms with van der Waals surface area (Å²) in [7, 11) is 1.66. The smallest absolute Gasteiger partial charge is 0.306 e. The Morgan fingerprint density at radius 1 is 0.938 bits per heavy atom. The van der Waals surface area contributed by atoms with Gasteiger partial charge in [-0.25, -0.2) is 0 Å². The topological polar surface area (TPSA) is 221 Å². The maximum atomic E-state index is 12.7. The van der Waals surface area contributed by atoms with E-state index in [1.165, 1.54) is 5.57 Å². The van der Waals surface area contributed by atoms with Crippen molar-refractivity contribution in [2.24, 2.45) is 11.8 Å². The van der Waals surface area contributed by atoms with Gasteiger partial charge in [0, 0.05) is 26.7 Å². The van der Waals surface area contributed by atoms with Gasteiger partial charge in [0.05, 0.1) is 64.6 Å². The average Bonchev–Trinajstić information content (AvgIpc) is 3.97. The lowest BCUT2D eigenvalue weighted by Gasteiger charge is -2.42. The molecule has 2 saturated heterocycles. The van der Waals surface area contributed by atoms with Crippen LogP contribution in [0.15, 0.2) is 11.6 Å². The van der Waals surface area contributed by atoms with Crippen LogP contribution in [0.4, 0.5) is 0 Å². The highest BCUT2D eigenvalue weighted by atomic mass is 16.6. The van der Waals surface area contributed by atoms with Gasteiger partial charge >= 0.3 is 5.97 Å². The largest absolute Gasteiger partial charge is 0.460 e. The Bertz CT molecular complexity index is 1140. The van der Waals surface area contributed by atoms with Gasteiger partial charge in [-0.15, -0.1) is 0 Å². The molecule has 0 bridgehead atoms. The zero-order valence-corrected chi connectivity index (χ0v) is 28.6. The number of nitrogens with one attached hydrogen (secondary N) is 4. The summed E-state index contributed by atoms with van der Waals surface area (Å²) in [5.41, 5.74) is 2.73. The molecule has 4 unspecified atom stereocenters. The van der Waals surface area contributed by atoms with E-state index in [4.69, 9.17) is 34.3 Å². The van der Waals surface area contributed by atoms with Crippen LogP contribution < -0.4 is 27.2 Å². The number of rotatable bonds is 24. The Labute approximate surface area is 281 Å². The van der Waals surface area contributed by atoms with Gasteiger partial charge in [-0.05, 0) is 46.5 Å². The molecule has 3 fully saturated rings. The Hall–Kier alpha value is -2.83. The van der Waals surface area contributed by atoms with Crippen molar-refractivity contribution in [1.29, 1.82) is 0 Å². The van der Waals surface area contributed by atoms with Gasteiger partial charge in [0.2, 0.25) is 23.4 Å². The Kier molecular flexibility index (Phi) is 16.0. The molecule has 16 heteroatoms. The molecule has 0 aromatic rings. The SMILES string of the molecule is COC1C(OC(=O)CCCOCCOCCNC(=O)CNCC(=O)C(=O)CNC(=O)CNN)CC[C@]2(CO2)C1C1(C)O[C@@H]1CC=C(C)C. The van der Waals surface area contributed by atoms with E-state index in [1.807, 2.05) is 0 Å². The van der Waals surface area contributed by atoms with Crippen molar-refractivity contribution >= 4 is 29.4 Å². The molecule has 272 valence electrons. The van der Waals surface area contributed by atoms with Gasteiger partial charge in [-0.1, -0.05) is 11.6 Å². The van der Waals surface area contributed by atoms with Gasteiger partial charge in [-0.2, -0.15) is 0 Å². The summed E-state index contributed by atoms with van der Waals surface area (Å²) in [4.78, 5) is 59.3. The fraction of sp³-hybridized carbons (Fsp3) is 0.781. The van der Waals surface area contributed by atoms with E-state index in [2.05, 4.69) is 48.2 Å². The number of Topliss-reactive ketones (excluding diaryl/α,β-unsaturated/α-hetero) is 2. The number of methoxy groups -OCH3 is 1. The molecule has 1 saturated carbocycles. The van der Waals surface area contributed by atoms with Crippen LogP contribution >= 0.6 is 0 Å². The van der Waals surface area contributed by atoms with E-state index in [0.29, 0.717) is 39.3 Å². The van der Waals surface area contributed by atoms with Crippen molar-refractivity contribution in [3.05, 3.63) is 11.6 Å². The highest BCUT2D eigenvalue weighted by Crippen LogP contribution is 2.59. The van der Waals surface area contributed by atoms with Crippen LogP contribution in [0, 0.1) is 5.92 Å². The molecule has 0 aromatic carbocycles. The lowest BCUT2D eigenvalue weighted by atomic mass is 9.68. The number of allylic oxidation sites excluding steroid dienone is 1. The Morgan fingerprint density at radius 3 is 2.29 bits per heavy atom. The van der Waals surface area contributed by atoms with Gasteiger partial charge < -0.3 is 44.4 Å². The average molecular weight is 684 g/mol. The summed E-state index contributed by atoms with van der Waals surface area (Å²) in [6, 6.07) is 0. The summed E-state index contributed by atoms with van der Waals surface area (Å²) >= 11 is 0. The summed E-state index contributed by atoms with van der Waals surface area (Å²) < 4.78 is 35.0. The third-order valence-electron chi connectivity index (χ3n) is 8.72. The minimum absolute atomic E-state index is 0.0222. The number of esters is 1. The first-order chi connectivity index (χ1) is 23.0. The monoisotopic (exact) mass is 683 g/mol. The van der Waals surface area contributed by atoms with E-state index in [-0.39, 0.29) is 86.5 Å². The minimum Gasteiger partial charge on any atom is -0.460 e. The van der Waals surface area contributed by atoms with E-state index in [1.54, 1.807) is 7.11 Å². The highest BCUT2D eigenvalue weighted by molar-refractivity contribution is 6.39. The van der Waals surface area contributed by atoms with Crippen molar-refractivity contribution in [3.63, 3.8) is 0 Å². The minimum atomic E-state index is -0.790. The number of hydrogen-bond acceptors (Lipinski definition) is 14. The molecule has 3 aliphatic rings. The van der Waals surface area contributed by atoms with Gasteiger partial charge in [0.25, 0.3) is 0 Å². The zero-order chi connectivity index (χ0) is 35.2. The lowest BCUT2D eigenvalue weighted by molar-refractivity contribution is -0.172. The molecule has 0 radical (unpaired) electrons. The predicted octanol–water partition coefficient (Wildman–Crippen LogP) is -1.16. The molecule has 2 amide bonds. The molecular formula is C32H53N5O11. The molecule has 1 spiro atoms.